The van der Waals surface area contributed by atoms with E-state index in [1.54, 1.807) is 0 Å². The van der Waals surface area contributed by atoms with Gasteiger partial charge in [0.1, 0.15) is 0 Å². The molecule has 1 saturated heterocycles. The molecule has 1 N–H and O–H groups in total. The topological polar surface area (TPSA) is 12.0 Å². The summed E-state index contributed by atoms with van der Waals surface area (Å²) in [5.41, 5.74) is 1.34. The monoisotopic (exact) mass is 213 g/mol. The Kier molecular flexibility index (Phi) is 2.82. The maximum Gasteiger partial charge on any atom is 0.0459 e. The number of hydrogen-bond donors (Lipinski definition) is 1. The third kappa shape index (κ3) is 1.85. The molecule has 2 atom stereocenters. The van der Waals surface area contributed by atoms with E-state index in [0.29, 0.717) is 11.3 Å². The first kappa shape index (κ1) is 9.38. The van der Waals surface area contributed by atoms with Gasteiger partial charge in [-0.1, -0.05) is 23.7 Å². The highest BCUT2D eigenvalue weighted by Crippen LogP contribution is 2.42. The van der Waals surface area contributed by atoms with E-state index < -0.39 is 0 Å². The third-order valence-corrected chi connectivity index (χ3v) is 4.12. The lowest BCUT2D eigenvalue weighted by molar-refractivity contribution is 0.573. The standard InChI is InChI=1S/C10H12ClNS/c1-12-9-6-13-10(9)7-3-2-4-8(11)5-7/h2-5,9-10,12H,6H2,1H3. The molecule has 1 aromatic rings. The average Bonchev–Trinajstić information content (AvgIpc) is 2.03. The van der Waals surface area contributed by atoms with Crippen molar-refractivity contribution in [1.82, 2.24) is 5.32 Å². The van der Waals surface area contributed by atoms with Gasteiger partial charge in [0.15, 0.2) is 0 Å². The van der Waals surface area contributed by atoms with E-state index in [9.17, 15) is 0 Å². The Morgan fingerprint density at radius 3 is 2.92 bits per heavy atom. The summed E-state index contributed by atoms with van der Waals surface area (Å²) in [7, 11) is 2.02. The number of benzene rings is 1. The van der Waals surface area contributed by atoms with Gasteiger partial charge < -0.3 is 5.32 Å². The number of hydrogen-bond acceptors (Lipinski definition) is 2. The smallest absolute Gasteiger partial charge is 0.0459 e. The first-order valence-corrected chi connectivity index (χ1v) is 5.78. The Morgan fingerprint density at radius 2 is 2.38 bits per heavy atom. The Labute approximate surface area is 87.9 Å². The Hall–Kier alpha value is -0.180. The van der Waals surface area contributed by atoms with Gasteiger partial charge in [0.2, 0.25) is 0 Å². The second kappa shape index (κ2) is 3.91. The van der Waals surface area contributed by atoms with E-state index in [1.165, 1.54) is 11.3 Å². The van der Waals surface area contributed by atoms with Gasteiger partial charge in [0.25, 0.3) is 0 Å². The zero-order valence-corrected chi connectivity index (χ0v) is 9.03. The molecule has 0 bridgehead atoms. The molecule has 1 fully saturated rings. The van der Waals surface area contributed by atoms with Crippen molar-refractivity contribution in [2.45, 2.75) is 11.3 Å². The van der Waals surface area contributed by atoms with Crippen LogP contribution in [0.15, 0.2) is 24.3 Å². The molecule has 0 radical (unpaired) electrons. The van der Waals surface area contributed by atoms with Crippen LogP contribution in [0.3, 0.4) is 0 Å². The second-order valence-corrected chi connectivity index (χ2v) is 4.82. The highest BCUT2D eigenvalue weighted by Gasteiger charge is 2.31. The van der Waals surface area contributed by atoms with E-state index in [4.69, 9.17) is 11.6 Å². The minimum atomic E-state index is 0.587. The minimum Gasteiger partial charge on any atom is -0.315 e. The summed E-state index contributed by atoms with van der Waals surface area (Å²) in [5, 5.41) is 4.73. The van der Waals surface area contributed by atoms with E-state index in [2.05, 4.69) is 17.4 Å². The molecule has 0 spiro atoms. The van der Waals surface area contributed by atoms with Crippen LogP contribution in [0.2, 0.25) is 5.02 Å². The van der Waals surface area contributed by atoms with Crippen LogP contribution >= 0.6 is 23.4 Å². The molecule has 0 saturated carbocycles. The van der Waals surface area contributed by atoms with E-state index in [0.717, 1.165) is 5.02 Å². The largest absolute Gasteiger partial charge is 0.315 e. The van der Waals surface area contributed by atoms with Crippen LogP contribution in [0.5, 0.6) is 0 Å². The Bertz CT molecular complexity index is 301. The number of thioether (sulfide) groups is 1. The van der Waals surface area contributed by atoms with Crippen molar-refractivity contribution in [3.8, 4) is 0 Å². The molecule has 3 heteroatoms. The number of nitrogens with one attached hydrogen (secondary N) is 1. The van der Waals surface area contributed by atoms with Gasteiger partial charge in [-0.3, -0.25) is 0 Å². The normalized spacial score (nSPS) is 26.9. The first-order chi connectivity index (χ1) is 6.31. The zero-order valence-electron chi connectivity index (χ0n) is 7.46. The first-order valence-electron chi connectivity index (χ1n) is 4.35. The zero-order chi connectivity index (χ0) is 9.26. The molecule has 0 amide bonds. The van der Waals surface area contributed by atoms with Crippen molar-refractivity contribution in [2.24, 2.45) is 0 Å². The molecule has 2 rings (SSSR count). The van der Waals surface area contributed by atoms with Crippen LogP contribution in [0.1, 0.15) is 10.8 Å². The van der Waals surface area contributed by atoms with E-state index in [1.807, 2.05) is 30.9 Å². The van der Waals surface area contributed by atoms with Gasteiger partial charge in [0, 0.05) is 22.1 Å². The molecule has 1 aliphatic rings. The summed E-state index contributed by atoms with van der Waals surface area (Å²) in [6.07, 6.45) is 0. The summed E-state index contributed by atoms with van der Waals surface area (Å²) >= 11 is 7.91. The summed E-state index contributed by atoms with van der Waals surface area (Å²) in [4.78, 5) is 0. The lowest BCUT2D eigenvalue weighted by atomic mass is 10.1. The van der Waals surface area contributed by atoms with Crippen molar-refractivity contribution in [2.75, 3.05) is 12.8 Å². The summed E-state index contributed by atoms with van der Waals surface area (Å²) in [6, 6.07) is 8.76. The highest BCUT2D eigenvalue weighted by atomic mass is 35.5. The second-order valence-electron chi connectivity index (χ2n) is 3.20. The van der Waals surface area contributed by atoms with Gasteiger partial charge in [-0.05, 0) is 24.7 Å². The number of rotatable bonds is 2. The average molecular weight is 214 g/mol. The lowest BCUT2D eigenvalue weighted by Gasteiger charge is -2.36. The molecular weight excluding hydrogens is 202 g/mol. The quantitative estimate of drug-likeness (QED) is 0.811. The van der Waals surface area contributed by atoms with Crippen LogP contribution in [-0.4, -0.2) is 18.8 Å². The van der Waals surface area contributed by atoms with E-state index >= 15 is 0 Å². The van der Waals surface area contributed by atoms with Crippen molar-refractivity contribution in [3.63, 3.8) is 0 Å². The van der Waals surface area contributed by atoms with Crippen LogP contribution in [-0.2, 0) is 0 Å². The van der Waals surface area contributed by atoms with Crippen molar-refractivity contribution < 1.29 is 0 Å². The third-order valence-electron chi connectivity index (χ3n) is 2.37. The van der Waals surface area contributed by atoms with Crippen LogP contribution < -0.4 is 5.32 Å². The Morgan fingerprint density at radius 1 is 1.54 bits per heavy atom. The molecule has 2 unspecified atom stereocenters. The van der Waals surface area contributed by atoms with Gasteiger partial charge >= 0.3 is 0 Å². The highest BCUT2D eigenvalue weighted by molar-refractivity contribution is 8.01. The number of halogens is 1. The molecule has 1 aliphatic heterocycles. The minimum absolute atomic E-state index is 0.587. The molecule has 13 heavy (non-hydrogen) atoms. The van der Waals surface area contributed by atoms with E-state index in [-0.39, 0.29) is 0 Å². The fourth-order valence-electron chi connectivity index (χ4n) is 1.54. The van der Waals surface area contributed by atoms with Crippen molar-refractivity contribution >= 4 is 23.4 Å². The maximum absolute atomic E-state index is 5.93. The predicted octanol–water partition coefficient (Wildman–Crippen LogP) is 2.72. The van der Waals surface area contributed by atoms with Crippen LogP contribution in [0.25, 0.3) is 0 Å². The Balaban J connectivity index is 2.16. The fraction of sp³-hybridized carbons (Fsp3) is 0.400. The van der Waals surface area contributed by atoms with Crippen molar-refractivity contribution in [1.29, 1.82) is 0 Å². The molecular formula is C10H12ClNS. The summed E-state index contributed by atoms with van der Waals surface area (Å²) < 4.78 is 0. The van der Waals surface area contributed by atoms with Crippen LogP contribution in [0.4, 0.5) is 0 Å². The van der Waals surface area contributed by atoms with Crippen molar-refractivity contribution in [3.05, 3.63) is 34.9 Å². The molecule has 1 nitrogen and oxygen atoms in total. The van der Waals surface area contributed by atoms with Gasteiger partial charge in [0.05, 0.1) is 0 Å². The van der Waals surface area contributed by atoms with Gasteiger partial charge in [-0.25, -0.2) is 0 Å². The molecule has 1 heterocycles. The van der Waals surface area contributed by atoms with Gasteiger partial charge in [-0.15, -0.1) is 0 Å². The molecule has 1 aromatic carbocycles. The maximum atomic E-state index is 5.93. The molecule has 70 valence electrons. The predicted molar refractivity (Wildman–Crippen MR) is 59.5 cm³/mol. The fourth-order valence-corrected chi connectivity index (χ4v) is 2.95. The van der Waals surface area contributed by atoms with Gasteiger partial charge in [-0.2, -0.15) is 11.8 Å². The molecule has 0 aliphatic carbocycles. The SMILES string of the molecule is CNC1CSC1c1cccc(Cl)c1. The molecule has 0 aromatic heterocycles. The van der Waals surface area contributed by atoms with Crippen LogP contribution in [0, 0.1) is 0 Å². The number of likely N-dealkylation sites (N-methyl/N-ethyl adjacent to an activating group) is 1. The lowest BCUT2D eigenvalue weighted by Crippen LogP contribution is -2.40. The summed E-state index contributed by atoms with van der Waals surface area (Å²) in [6.45, 7) is 0. The summed E-state index contributed by atoms with van der Waals surface area (Å²) in [5.74, 6) is 1.20.